The predicted octanol–water partition coefficient (Wildman–Crippen LogP) is 3.73. The Morgan fingerprint density at radius 3 is 2.69 bits per heavy atom. The highest BCUT2D eigenvalue weighted by molar-refractivity contribution is 7.86. The summed E-state index contributed by atoms with van der Waals surface area (Å²) in [6.45, 7) is 7.90. The lowest BCUT2D eigenvalue weighted by Gasteiger charge is -2.23. The van der Waals surface area contributed by atoms with Gasteiger partial charge in [0, 0.05) is 19.1 Å². The molecule has 3 rings (SSSR count). The summed E-state index contributed by atoms with van der Waals surface area (Å²) < 4.78 is 41.2. The maximum Gasteiger partial charge on any atom is 0.297 e. The number of likely N-dealkylation sites (tertiary alicyclic amines) is 1. The zero-order valence-corrected chi connectivity index (χ0v) is 22.1. The fraction of sp³-hybridized carbons (Fsp3) is 0.444. The molecule has 1 amide bonds. The highest BCUT2D eigenvalue weighted by atomic mass is 32.2. The third-order valence-electron chi connectivity index (χ3n) is 6.36. The predicted molar refractivity (Wildman–Crippen MR) is 139 cm³/mol. The van der Waals surface area contributed by atoms with Crippen molar-refractivity contribution in [2.24, 2.45) is 0 Å². The Labute approximate surface area is 214 Å². The van der Waals surface area contributed by atoms with Gasteiger partial charge in [0.25, 0.3) is 16.0 Å². The first-order chi connectivity index (χ1) is 17.3. The molecule has 2 aromatic rings. The maximum absolute atomic E-state index is 13.1. The third kappa shape index (κ3) is 6.87. The average molecular weight is 517 g/mol. The van der Waals surface area contributed by atoms with Crippen LogP contribution in [-0.2, 0) is 20.7 Å². The summed E-state index contributed by atoms with van der Waals surface area (Å²) in [4.78, 5) is 15.6. The van der Waals surface area contributed by atoms with Gasteiger partial charge in [0.05, 0.1) is 31.3 Å². The van der Waals surface area contributed by atoms with Crippen LogP contribution in [-0.4, -0.2) is 65.7 Å². The second-order valence-electron chi connectivity index (χ2n) is 8.81. The molecule has 1 unspecified atom stereocenters. The van der Waals surface area contributed by atoms with Gasteiger partial charge in [0.2, 0.25) is 0 Å². The summed E-state index contributed by atoms with van der Waals surface area (Å²) >= 11 is 0. The summed E-state index contributed by atoms with van der Waals surface area (Å²) in [5, 5.41) is 3.04. The highest BCUT2D eigenvalue weighted by Crippen LogP contribution is 2.33. The molecular weight excluding hydrogens is 480 g/mol. The van der Waals surface area contributed by atoms with Crippen LogP contribution < -0.4 is 14.8 Å². The average Bonchev–Trinajstić information content (AvgIpc) is 3.31. The molecule has 0 saturated carbocycles. The van der Waals surface area contributed by atoms with E-state index >= 15 is 0 Å². The van der Waals surface area contributed by atoms with Crippen molar-refractivity contribution in [1.82, 2.24) is 10.2 Å². The molecule has 0 aromatic heterocycles. The second kappa shape index (κ2) is 12.9. The molecular formula is C27H36N2O6S. The Morgan fingerprint density at radius 1 is 1.22 bits per heavy atom. The number of aryl methyl sites for hydroxylation is 2. The number of hydrogen-bond donors (Lipinski definition) is 1. The number of hydrogen-bond acceptors (Lipinski definition) is 7. The van der Waals surface area contributed by atoms with Crippen molar-refractivity contribution in [3.63, 3.8) is 0 Å². The molecule has 36 heavy (non-hydrogen) atoms. The zero-order valence-electron chi connectivity index (χ0n) is 21.3. The Morgan fingerprint density at radius 2 is 2.00 bits per heavy atom. The van der Waals surface area contributed by atoms with Crippen molar-refractivity contribution in [1.29, 1.82) is 0 Å². The minimum absolute atomic E-state index is 0.0212. The standard InChI is InChI=1S/C27H36N2O6S/c1-5-14-29-15-8-12-22(29)19-28-27(30)23-17-21(18-24(33-3)26(23)34-4)11-9-16-35-36(31,32)25-13-7-6-10-20(25)2/h5-7,10,13,17-18,22H,1,8-9,11-12,14-16,19H2,2-4H3,(H,28,30). The van der Waals surface area contributed by atoms with Gasteiger partial charge in [-0.2, -0.15) is 8.42 Å². The van der Waals surface area contributed by atoms with Crippen LogP contribution in [0.5, 0.6) is 11.5 Å². The smallest absolute Gasteiger partial charge is 0.297 e. The number of nitrogens with zero attached hydrogens (tertiary/aromatic N) is 1. The number of benzene rings is 2. The number of nitrogens with one attached hydrogen (secondary N) is 1. The monoisotopic (exact) mass is 516 g/mol. The van der Waals surface area contributed by atoms with Gasteiger partial charge in [-0.15, -0.1) is 6.58 Å². The first kappa shape index (κ1) is 27.7. The van der Waals surface area contributed by atoms with Crippen molar-refractivity contribution in [3.8, 4) is 11.5 Å². The van der Waals surface area contributed by atoms with Crippen molar-refractivity contribution >= 4 is 16.0 Å². The lowest BCUT2D eigenvalue weighted by atomic mass is 10.0. The van der Waals surface area contributed by atoms with Crippen molar-refractivity contribution < 1.29 is 26.9 Å². The molecule has 1 fully saturated rings. The number of carbonyl (C=O) groups is 1. The van der Waals surface area contributed by atoms with Gasteiger partial charge in [-0.1, -0.05) is 24.3 Å². The second-order valence-corrected chi connectivity index (χ2v) is 10.4. The van der Waals surface area contributed by atoms with Crippen LogP contribution >= 0.6 is 0 Å². The maximum atomic E-state index is 13.1. The van der Waals surface area contributed by atoms with Crippen LogP contribution in [0.4, 0.5) is 0 Å². The molecule has 9 heteroatoms. The minimum Gasteiger partial charge on any atom is -0.493 e. The highest BCUT2D eigenvalue weighted by Gasteiger charge is 2.25. The molecule has 0 spiro atoms. The summed E-state index contributed by atoms with van der Waals surface area (Å²) in [6.07, 6.45) is 4.95. The van der Waals surface area contributed by atoms with E-state index < -0.39 is 10.1 Å². The van der Waals surface area contributed by atoms with Crippen LogP contribution in [0.15, 0.2) is 53.9 Å². The van der Waals surface area contributed by atoms with Crippen LogP contribution in [0, 0.1) is 6.92 Å². The van der Waals surface area contributed by atoms with Gasteiger partial charge in [-0.25, -0.2) is 0 Å². The lowest BCUT2D eigenvalue weighted by molar-refractivity contribution is 0.0938. The molecule has 1 atom stereocenters. The van der Waals surface area contributed by atoms with Gasteiger partial charge in [-0.3, -0.25) is 13.9 Å². The summed E-state index contributed by atoms with van der Waals surface area (Å²) in [6, 6.07) is 10.6. The van der Waals surface area contributed by atoms with Crippen LogP contribution in [0.3, 0.4) is 0 Å². The van der Waals surface area contributed by atoms with Crippen molar-refractivity contribution in [2.75, 3.05) is 40.5 Å². The quantitative estimate of drug-likeness (QED) is 0.246. The number of methoxy groups -OCH3 is 2. The minimum atomic E-state index is -3.83. The number of rotatable bonds is 13. The Bertz CT molecular complexity index is 1160. The molecule has 1 saturated heterocycles. The van der Waals surface area contributed by atoms with E-state index in [0.29, 0.717) is 42.0 Å². The topological polar surface area (TPSA) is 94.2 Å². The van der Waals surface area contributed by atoms with Gasteiger partial charge < -0.3 is 14.8 Å². The fourth-order valence-corrected chi connectivity index (χ4v) is 5.69. The molecule has 196 valence electrons. The van der Waals surface area contributed by atoms with Crippen molar-refractivity contribution in [3.05, 3.63) is 65.7 Å². The van der Waals surface area contributed by atoms with Crippen LogP contribution in [0.1, 0.15) is 40.7 Å². The largest absolute Gasteiger partial charge is 0.493 e. The molecule has 0 aliphatic carbocycles. The van der Waals surface area contributed by atoms with Crippen LogP contribution in [0.25, 0.3) is 0 Å². The SMILES string of the molecule is C=CCN1CCCC1CNC(=O)c1cc(CCCOS(=O)(=O)c2ccccc2C)cc(OC)c1OC. The van der Waals surface area contributed by atoms with E-state index in [9.17, 15) is 13.2 Å². The van der Waals surface area contributed by atoms with E-state index in [0.717, 1.165) is 31.5 Å². The van der Waals surface area contributed by atoms with E-state index in [1.807, 2.05) is 6.08 Å². The zero-order chi connectivity index (χ0) is 26.1. The van der Waals surface area contributed by atoms with Crippen molar-refractivity contribution in [2.45, 2.75) is 43.5 Å². The Balaban J connectivity index is 1.66. The fourth-order valence-electron chi connectivity index (χ4n) is 4.52. The molecule has 1 aliphatic rings. The molecule has 1 aliphatic heterocycles. The van der Waals surface area contributed by atoms with Gasteiger partial charge in [0.15, 0.2) is 11.5 Å². The number of ether oxygens (including phenoxy) is 2. The molecule has 8 nitrogen and oxygen atoms in total. The molecule has 2 aromatic carbocycles. The first-order valence-electron chi connectivity index (χ1n) is 12.1. The van der Waals surface area contributed by atoms with E-state index in [1.54, 1.807) is 37.3 Å². The number of carbonyl (C=O) groups excluding carboxylic acids is 1. The molecule has 0 bridgehead atoms. The van der Waals surface area contributed by atoms with Gasteiger partial charge >= 0.3 is 0 Å². The first-order valence-corrected chi connectivity index (χ1v) is 13.5. The van der Waals surface area contributed by atoms with E-state index in [-0.39, 0.29) is 23.5 Å². The van der Waals surface area contributed by atoms with Gasteiger partial charge in [-0.05, 0) is 68.5 Å². The third-order valence-corrected chi connectivity index (χ3v) is 7.83. The Kier molecular flexibility index (Phi) is 9.92. The van der Waals surface area contributed by atoms with Gasteiger partial charge in [0.1, 0.15) is 0 Å². The molecule has 0 radical (unpaired) electrons. The molecule has 1 heterocycles. The van der Waals surface area contributed by atoms with E-state index in [2.05, 4.69) is 16.8 Å². The van der Waals surface area contributed by atoms with E-state index in [1.165, 1.54) is 20.3 Å². The summed E-state index contributed by atoms with van der Waals surface area (Å²) in [5.41, 5.74) is 1.84. The Hall–Kier alpha value is -2.88. The molecule has 1 N–H and O–H groups in total. The van der Waals surface area contributed by atoms with E-state index in [4.69, 9.17) is 13.7 Å². The summed E-state index contributed by atoms with van der Waals surface area (Å²) in [5.74, 6) is 0.574. The number of amides is 1. The normalized spacial score (nSPS) is 16.0. The van der Waals surface area contributed by atoms with Crippen LogP contribution in [0.2, 0.25) is 0 Å². The summed E-state index contributed by atoms with van der Waals surface area (Å²) in [7, 11) is -0.812. The lowest BCUT2D eigenvalue weighted by Crippen LogP contribution is -2.40.